The zero-order chi connectivity index (χ0) is 13.2. The van der Waals surface area contributed by atoms with Gasteiger partial charge in [-0.1, -0.05) is 64.7 Å². The van der Waals surface area contributed by atoms with Gasteiger partial charge in [-0.15, -0.1) is 0 Å². The average Bonchev–Trinajstić information content (AvgIpc) is 2.28. The van der Waals surface area contributed by atoms with Gasteiger partial charge in [0.05, 0.1) is 5.92 Å². The minimum Gasteiger partial charge on any atom is -0.481 e. The van der Waals surface area contributed by atoms with Crippen molar-refractivity contribution in [1.82, 2.24) is 0 Å². The molecule has 1 saturated carbocycles. The molecule has 18 heavy (non-hydrogen) atoms. The summed E-state index contributed by atoms with van der Waals surface area (Å²) < 4.78 is 0. The maximum absolute atomic E-state index is 11.2. The summed E-state index contributed by atoms with van der Waals surface area (Å²) in [5.74, 6) is 0.205. The molecule has 0 spiro atoms. The standard InChI is InChI=1S/C16H30O2/c1-2-3-4-5-6-7-11-15(16(17)18)13-12-14-9-8-10-14/h14-15H,2-13H2,1H3,(H,17,18). The summed E-state index contributed by atoms with van der Waals surface area (Å²) in [5.41, 5.74) is 0. The Kier molecular flexibility index (Phi) is 8.11. The van der Waals surface area contributed by atoms with Gasteiger partial charge in [0.1, 0.15) is 0 Å². The van der Waals surface area contributed by atoms with E-state index >= 15 is 0 Å². The number of hydrogen-bond acceptors (Lipinski definition) is 1. The molecule has 0 radical (unpaired) electrons. The van der Waals surface area contributed by atoms with Crippen LogP contribution in [0.15, 0.2) is 0 Å². The molecule has 0 amide bonds. The molecule has 1 rings (SSSR count). The van der Waals surface area contributed by atoms with E-state index in [1.54, 1.807) is 0 Å². The van der Waals surface area contributed by atoms with Crippen LogP contribution < -0.4 is 0 Å². The lowest BCUT2D eigenvalue weighted by atomic mass is 9.80. The van der Waals surface area contributed by atoms with E-state index in [1.807, 2.05) is 0 Å². The molecular weight excluding hydrogens is 224 g/mol. The van der Waals surface area contributed by atoms with Crippen molar-refractivity contribution < 1.29 is 9.90 Å². The first-order valence-electron chi connectivity index (χ1n) is 7.96. The fraction of sp³-hybridized carbons (Fsp3) is 0.938. The minimum absolute atomic E-state index is 0.0724. The van der Waals surface area contributed by atoms with Crippen molar-refractivity contribution in [3.63, 3.8) is 0 Å². The molecule has 0 saturated heterocycles. The Labute approximate surface area is 112 Å². The summed E-state index contributed by atoms with van der Waals surface area (Å²) in [4.78, 5) is 11.2. The monoisotopic (exact) mass is 254 g/mol. The first-order valence-corrected chi connectivity index (χ1v) is 7.96. The summed E-state index contributed by atoms with van der Waals surface area (Å²) >= 11 is 0. The van der Waals surface area contributed by atoms with Crippen molar-refractivity contribution in [2.24, 2.45) is 11.8 Å². The molecule has 106 valence electrons. The van der Waals surface area contributed by atoms with Crippen LogP contribution in [0.5, 0.6) is 0 Å². The van der Waals surface area contributed by atoms with Gasteiger partial charge in [0.25, 0.3) is 0 Å². The molecule has 0 heterocycles. The summed E-state index contributed by atoms with van der Waals surface area (Å²) in [7, 11) is 0. The Morgan fingerprint density at radius 2 is 1.78 bits per heavy atom. The van der Waals surface area contributed by atoms with Gasteiger partial charge in [-0.3, -0.25) is 4.79 Å². The molecule has 1 atom stereocenters. The van der Waals surface area contributed by atoms with Gasteiger partial charge in [-0.05, 0) is 25.2 Å². The molecule has 1 aliphatic rings. The molecule has 0 aromatic rings. The predicted octanol–water partition coefficient (Wildman–Crippen LogP) is 5.02. The fourth-order valence-electron chi connectivity index (χ4n) is 2.78. The van der Waals surface area contributed by atoms with Crippen molar-refractivity contribution >= 4 is 5.97 Å². The van der Waals surface area contributed by atoms with Gasteiger partial charge in [0.15, 0.2) is 0 Å². The second-order valence-corrected chi connectivity index (χ2v) is 5.97. The zero-order valence-corrected chi connectivity index (χ0v) is 12.0. The van der Waals surface area contributed by atoms with Crippen LogP contribution in [0.4, 0.5) is 0 Å². The Bertz CT molecular complexity index is 221. The second kappa shape index (κ2) is 9.41. The van der Waals surface area contributed by atoms with Gasteiger partial charge in [-0.25, -0.2) is 0 Å². The lowest BCUT2D eigenvalue weighted by Crippen LogP contribution is -2.18. The number of rotatable bonds is 11. The third-order valence-corrected chi connectivity index (χ3v) is 4.40. The van der Waals surface area contributed by atoms with Gasteiger partial charge in [-0.2, -0.15) is 0 Å². The van der Waals surface area contributed by atoms with Gasteiger partial charge in [0.2, 0.25) is 0 Å². The SMILES string of the molecule is CCCCCCCCC(CCC1CCC1)C(=O)O. The van der Waals surface area contributed by atoms with Crippen LogP contribution in [-0.4, -0.2) is 11.1 Å². The summed E-state index contributed by atoms with van der Waals surface area (Å²) in [6.45, 7) is 2.22. The highest BCUT2D eigenvalue weighted by Crippen LogP contribution is 2.32. The zero-order valence-electron chi connectivity index (χ0n) is 12.0. The maximum Gasteiger partial charge on any atom is 0.306 e. The molecule has 2 heteroatoms. The number of carbonyl (C=O) groups is 1. The van der Waals surface area contributed by atoms with E-state index < -0.39 is 5.97 Å². The van der Waals surface area contributed by atoms with Gasteiger partial charge in [0, 0.05) is 0 Å². The number of unbranched alkanes of at least 4 members (excludes halogenated alkanes) is 5. The third kappa shape index (κ3) is 6.42. The van der Waals surface area contributed by atoms with Gasteiger partial charge < -0.3 is 5.11 Å². The number of carboxylic acids is 1. The van der Waals surface area contributed by atoms with E-state index in [1.165, 1.54) is 51.4 Å². The molecule has 0 aromatic carbocycles. The normalized spacial score (nSPS) is 17.4. The van der Waals surface area contributed by atoms with Crippen molar-refractivity contribution in [3.8, 4) is 0 Å². The van der Waals surface area contributed by atoms with Gasteiger partial charge >= 0.3 is 5.97 Å². The molecule has 0 aliphatic heterocycles. The molecular formula is C16H30O2. The second-order valence-electron chi connectivity index (χ2n) is 5.97. The first kappa shape index (κ1) is 15.5. The van der Waals surface area contributed by atoms with Crippen molar-refractivity contribution in [2.45, 2.75) is 84.0 Å². The fourth-order valence-corrected chi connectivity index (χ4v) is 2.78. The van der Waals surface area contributed by atoms with E-state index in [2.05, 4.69) is 6.92 Å². The smallest absolute Gasteiger partial charge is 0.306 e. The molecule has 0 bridgehead atoms. The minimum atomic E-state index is -0.567. The highest BCUT2D eigenvalue weighted by atomic mass is 16.4. The van der Waals surface area contributed by atoms with Crippen molar-refractivity contribution in [1.29, 1.82) is 0 Å². The van der Waals surface area contributed by atoms with Crippen LogP contribution in [-0.2, 0) is 4.79 Å². The Morgan fingerprint density at radius 1 is 1.11 bits per heavy atom. The molecule has 1 unspecified atom stereocenters. The van der Waals surface area contributed by atoms with Crippen LogP contribution in [0.1, 0.15) is 84.0 Å². The first-order chi connectivity index (χ1) is 8.74. The number of carboxylic acid groups (broad SMARTS) is 1. The molecule has 1 fully saturated rings. The highest BCUT2D eigenvalue weighted by Gasteiger charge is 2.22. The molecule has 2 nitrogen and oxygen atoms in total. The quantitative estimate of drug-likeness (QED) is 0.526. The van der Waals surface area contributed by atoms with E-state index in [4.69, 9.17) is 0 Å². The van der Waals surface area contributed by atoms with Crippen LogP contribution in [0.25, 0.3) is 0 Å². The van der Waals surface area contributed by atoms with E-state index in [-0.39, 0.29) is 5.92 Å². The van der Waals surface area contributed by atoms with Crippen LogP contribution in [0.2, 0.25) is 0 Å². The summed E-state index contributed by atoms with van der Waals surface area (Å²) in [5, 5.41) is 9.22. The van der Waals surface area contributed by atoms with Crippen LogP contribution in [0.3, 0.4) is 0 Å². The van der Waals surface area contributed by atoms with E-state index in [0.29, 0.717) is 0 Å². The molecule has 0 aromatic heterocycles. The molecule has 1 N–H and O–H groups in total. The number of aliphatic carboxylic acids is 1. The number of hydrogen-bond donors (Lipinski definition) is 1. The largest absolute Gasteiger partial charge is 0.481 e. The van der Waals surface area contributed by atoms with Crippen LogP contribution in [0, 0.1) is 11.8 Å². The summed E-state index contributed by atoms with van der Waals surface area (Å²) in [6.07, 6.45) is 14.5. The Hall–Kier alpha value is -0.530. The van der Waals surface area contributed by atoms with Crippen LogP contribution >= 0.6 is 0 Å². The summed E-state index contributed by atoms with van der Waals surface area (Å²) in [6, 6.07) is 0. The third-order valence-electron chi connectivity index (χ3n) is 4.40. The van der Waals surface area contributed by atoms with Crippen molar-refractivity contribution in [2.75, 3.05) is 0 Å². The van der Waals surface area contributed by atoms with E-state index in [0.717, 1.165) is 31.6 Å². The Morgan fingerprint density at radius 3 is 2.33 bits per heavy atom. The predicted molar refractivity (Wildman–Crippen MR) is 75.7 cm³/mol. The maximum atomic E-state index is 11.2. The highest BCUT2D eigenvalue weighted by molar-refractivity contribution is 5.69. The lowest BCUT2D eigenvalue weighted by Gasteiger charge is -2.26. The Balaban J connectivity index is 2.03. The average molecular weight is 254 g/mol. The lowest BCUT2D eigenvalue weighted by molar-refractivity contribution is -0.142. The molecule has 1 aliphatic carbocycles. The van der Waals surface area contributed by atoms with E-state index in [9.17, 15) is 9.90 Å². The van der Waals surface area contributed by atoms with Crippen molar-refractivity contribution in [3.05, 3.63) is 0 Å². The topological polar surface area (TPSA) is 37.3 Å².